The Balaban J connectivity index is 1.67. The topological polar surface area (TPSA) is 55.6 Å². The van der Waals surface area contributed by atoms with Gasteiger partial charge in [-0.25, -0.2) is 4.39 Å². The molecular formula is C20H23FN2O2. The Labute approximate surface area is 147 Å². The third kappa shape index (κ3) is 4.37. The first-order valence-electron chi connectivity index (χ1n) is 8.57. The van der Waals surface area contributed by atoms with E-state index in [4.69, 9.17) is 10.5 Å². The first-order chi connectivity index (χ1) is 12.0. The number of ether oxygens (including phenoxy) is 1. The van der Waals surface area contributed by atoms with Crippen LogP contribution in [0, 0.1) is 5.82 Å². The van der Waals surface area contributed by atoms with E-state index >= 15 is 0 Å². The standard InChI is InChI=1S/C20H23FN2O2/c1-14-10-18(22)8-9-23(14)20(24)16-5-2-4-15(11-16)13-25-19-7-3-6-17(21)12-19/h2-7,11-12,14,18H,8-10,13,22H2,1H3/t14-,18+/m0/s1. The average Bonchev–Trinajstić information content (AvgIpc) is 2.60. The summed E-state index contributed by atoms with van der Waals surface area (Å²) in [6.07, 6.45) is 1.66. The lowest BCUT2D eigenvalue weighted by Crippen LogP contribution is -2.48. The van der Waals surface area contributed by atoms with Gasteiger partial charge in [0.25, 0.3) is 5.91 Å². The summed E-state index contributed by atoms with van der Waals surface area (Å²) in [7, 11) is 0. The number of carbonyl (C=O) groups is 1. The zero-order valence-corrected chi connectivity index (χ0v) is 14.3. The minimum Gasteiger partial charge on any atom is -0.489 e. The molecule has 1 amide bonds. The Morgan fingerprint density at radius 1 is 1.28 bits per heavy atom. The van der Waals surface area contributed by atoms with Crippen LogP contribution in [-0.2, 0) is 6.61 Å². The van der Waals surface area contributed by atoms with Crippen LogP contribution in [0.2, 0.25) is 0 Å². The highest BCUT2D eigenvalue weighted by Crippen LogP contribution is 2.20. The van der Waals surface area contributed by atoms with Crippen molar-refractivity contribution in [2.24, 2.45) is 5.73 Å². The van der Waals surface area contributed by atoms with Crippen molar-refractivity contribution >= 4 is 5.91 Å². The van der Waals surface area contributed by atoms with Crippen LogP contribution in [0.25, 0.3) is 0 Å². The minimum atomic E-state index is -0.335. The fourth-order valence-corrected chi connectivity index (χ4v) is 3.19. The quantitative estimate of drug-likeness (QED) is 0.927. The summed E-state index contributed by atoms with van der Waals surface area (Å²) >= 11 is 0. The molecule has 3 rings (SSSR count). The van der Waals surface area contributed by atoms with E-state index in [1.165, 1.54) is 12.1 Å². The predicted octanol–water partition coefficient (Wildman–Crippen LogP) is 3.36. The fraction of sp³-hybridized carbons (Fsp3) is 0.350. The Morgan fingerprint density at radius 2 is 2.08 bits per heavy atom. The van der Waals surface area contributed by atoms with E-state index in [2.05, 4.69) is 0 Å². The van der Waals surface area contributed by atoms with Crippen LogP contribution in [0.1, 0.15) is 35.7 Å². The van der Waals surface area contributed by atoms with Crippen LogP contribution < -0.4 is 10.5 Å². The molecule has 1 fully saturated rings. The molecule has 2 N–H and O–H groups in total. The third-order valence-corrected chi connectivity index (χ3v) is 4.55. The number of likely N-dealkylation sites (tertiary alicyclic amines) is 1. The molecule has 25 heavy (non-hydrogen) atoms. The van der Waals surface area contributed by atoms with Crippen molar-refractivity contribution in [1.82, 2.24) is 4.90 Å². The highest BCUT2D eigenvalue weighted by molar-refractivity contribution is 5.94. The molecule has 2 aromatic rings. The Morgan fingerprint density at radius 3 is 2.84 bits per heavy atom. The van der Waals surface area contributed by atoms with E-state index in [1.54, 1.807) is 12.1 Å². The van der Waals surface area contributed by atoms with Crippen LogP contribution >= 0.6 is 0 Å². The number of nitrogens with two attached hydrogens (primary N) is 1. The SMILES string of the molecule is C[C@H]1C[C@H](N)CCN1C(=O)c1cccc(COc2cccc(F)c2)c1. The molecule has 132 valence electrons. The summed E-state index contributed by atoms with van der Waals surface area (Å²) in [6.45, 7) is 3.00. The van der Waals surface area contributed by atoms with Crippen molar-refractivity contribution in [3.8, 4) is 5.75 Å². The third-order valence-electron chi connectivity index (χ3n) is 4.55. The van der Waals surface area contributed by atoms with E-state index in [0.717, 1.165) is 18.4 Å². The molecule has 1 aliphatic heterocycles. The smallest absolute Gasteiger partial charge is 0.254 e. The van der Waals surface area contributed by atoms with Gasteiger partial charge in [0.1, 0.15) is 18.2 Å². The fourth-order valence-electron chi connectivity index (χ4n) is 3.19. The second kappa shape index (κ2) is 7.66. The average molecular weight is 342 g/mol. The molecule has 0 bridgehead atoms. The van der Waals surface area contributed by atoms with Gasteiger partial charge in [0.15, 0.2) is 0 Å². The highest BCUT2D eigenvalue weighted by Gasteiger charge is 2.27. The molecule has 0 radical (unpaired) electrons. The van der Waals surface area contributed by atoms with Gasteiger partial charge < -0.3 is 15.4 Å². The number of hydrogen-bond acceptors (Lipinski definition) is 3. The van der Waals surface area contributed by atoms with Crippen LogP contribution in [0.4, 0.5) is 4.39 Å². The summed E-state index contributed by atoms with van der Waals surface area (Å²) < 4.78 is 18.8. The molecule has 2 atom stereocenters. The van der Waals surface area contributed by atoms with Crippen LogP contribution in [0.5, 0.6) is 5.75 Å². The van der Waals surface area contributed by atoms with Crippen molar-refractivity contribution in [3.05, 3.63) is 65.5 Å². The molecular weight excluding hydrogens is 319 g/mol. The molecule has 0 unspecified atom stereocenters. The lowest BCUT2D eigenvalue weighted by Gasteiger charge is -2.36. The Hall–Kier alpha value is -2.40. The summed E-state index contributed by atoms with van der Waals surface area (Å²) in [4.78, 5) is 14.7. The molecule has 1 aliphatic rings. The van der Waals surface area contributed by atoms with E-state index < -0.39 is 0 Å². The number of benzene rings is 2. The van der Waals surface area contributed by atoms with Gasteiger partial charge in [0, 0.05) is 30.3 Å². The minimum absolute atomic E-state index is 0.0204. The number of carbonyl (C=O) groups excluding carboxylic acids is 1. The van der Waals surface area contributed by atoms with Crippen LogP contribution in [0.3, 0.4) is 0 Å². The highest BCUT2D eigenvalue weighted by atomic mass is 19.1. The molecule has 0 aromatic heterocycles. The molecule has 4 nitrogen and oxygen atoms in total. The molecule has 0 saturated carbocycles. The second-order valence-corrected chi connectivity index (χ2v) is 6.58. The normalized spacial score (nSPS) is 20.4. The lowest BCUT2D eigenvalue weighted by atomic mass is 9.98. The van der Waals surface area contributed by atoms with Crippen LogP contribution in [-0.4, -0.2) is 29.4 Å². The summed E-state index contributed by atoms with van der Waals surface area (Å²) in [6, 6.07) is 13.7. The van der Waals surface area contributed by atoms with Gasteiger partial charge in [-0.3, -0.25) is 4.79 Å². The lowest BCUT2D eigenvalue weighted by molar-refractivity contribution is 0.0619. The van der Waals surface area contributed by atoms with Gasteiger partial charge in [-0.1, -0.05) is 18.2 Å². The molecule has 0 spiro atoms. The van der Waals surface area contributed by atoms with Crippen LogP contribution in [0.15, 0.2) is 48.5 Å². The van der Waals surface area contributed by atoms with Crippen molar-refractivity contribution in [3.63, 3.8) is 0 Å². The predicted molar refractivity (Wildman–Crippen MR) is 94.9 cm³/mol. The van der Waals surface area contributed by atoms with Crippen molar-refractivity contribution < 1.29 is 13.9 Å². The zero-order chi connectivity index (χ0) is 17.8. The van der Waals surface area contributed by atoms with Crippen molar-refractivity contribution in [1.29, 1.82) is 0 Å². The molecule has 1 heterocycles. The molecule has 0 aliphatic carbocycles. The Bertz CT molecular complexity index is 750. The first-order valence-corrected chi connectivity index (χ1v) is 8.57. The number of halogens is 1. The van der Waals surface area contributed by atoms with Crippen molar-refractivity contribution in [2.45, 2.75) is 38.5 Å². The summed E-state index contributed by atoms with van der Waals surface area (Å²) in [5, 5.41) is 0. The number of rotatable bonds is 4. The number of hydrogen-bond donors (Lipinski definition) is 1. The first kappa shape index (κ1) is 17.4. The van der Waals surface area contributed by atoms with Gasteiger partial charge in [0.05, 0.1) is 0 Å². The van der Waals surface area contributed by atoms with E-state index in [1.807, 2.05) is 36.1 Å². The van der Waals surface area contributed by atoms with E-state index in [9.17, 15) is 9.18 Å². The zero-order valence-electron chi connectivity index (χ0n) is 14.3. The summed E-state index contributed by atoms with van der Waals surface area (Å²) in [5.74, 6) is 0.154. The molecule has 2 aromatic carbocycles. The Kier molecular flexibility index (Phi) is 5.34. The maximum absolute atomic E-state index is 13.2. The number of amides is 1. The molecule has 5 heteroatoms. The maximum Gasteiger partial charge on any atom is 0.254 e. The molecule has 1 saturated heterocycles. The second-order valence-electron chi connectivity index (χ2n) is 6.58. The largest absolute Gasteiger partial charge is 0.489 e. The van der Waals surface area contributed by atoms with Gasteiger partial charge in [-0.2, -0.15) is 0 Å². The maximum atomic E-state index is 13.2. The van der Waals surface area contributed by atoms with Gasteiger partial charge in [0.2, 0.25) is 0 Å². The monoisotopic (exact) mass is 342 g/mol. The van der Waals surface area contributed by atoms with Gasteiger partial charge in [-0.15, -0.1) is 0 Å². The number of piperidine rings is 1. The van der Waals surface area contributed by atoms with Gasteiger partial charge >= 0.3 is 0 Å². The van der Waals surface area contributed by atoms with E-state index in [-0.39, 0.29) is 30.4 Å². The van der Waals surface area contributed by atoms with Gasteiger partial charge in [-0.05, 0) is 49.6 Å². The number of nitrogens with zero attached hydrogens (tertiary/aromatic N) is 1. The van der Waals surface area contributed by atoms with E-state index in [0.29, 0.717) is 17.9 Å². The van der Waals surface area contributed by atoms with Crippen molar-refractivity contribution in [2.75, 3.05) is 6.54 Å². The summed E-state index contributed by atoms with van der Waals surface area (Å²) in [5.41, 5.74) is 7.49.